The maximum atomic E-state index is 11.1. The summed E-state index contributed by atoms with van der Waals surface area (Å²) in [6.07, 6.45) is 2.02. The highest BCUT2D eigenvalue weighted by Gasteiger charge is 2.12. The molecule has 1 atom stereocenters. The Balaban J connectivity index is 2.74. The Kier molecular flexibility index (Phi) is 3.45. The number of nitrogens with one attached hydrogen (secondary N) is 1. The second-order valence-electron chi connectivity index (χ2n) is 3.05. The summed E-state index contributed by atoms with van der Waals surface area (Å²) in [6.45, 7) is 3.57. The molecule has 0 saturated heterocycles. The number of rotatable bonds is 3. The number of aromatic hydroxyl groups is 1. The maximum Gasteiger partial charge on any atom is 0.220 e. The van der Waals surface area contributed by atoms with Gasteiger partial charge in [0.2, 0.25) is 5.91 Å². The number of carbonyl (C=O) groups excluding carboxylic acids is 1. The first kappa shape index (κ1) is 10.5. The summed E-state index contributed by atoms with van der Waals surface area (Å²) >= 11 is 0. The first-order valence-electron chi connectivity index (χ1n) is 4.58. The highest BCUT2D eigenvalue weighted by molar-refractivity contribution is 5.76. The predicted octanol–water partition coefficient (Wildman–Crippen LogP) is 1.37. The van der Waals surface area contributed by atoms with Gasteiger partial charge in [-0.25, -0.2) is 0 Å². The van der Waals surface area contributed by atoms with Gasteiger partial charge in [0.05, 0.1) is 6.04 Å². The molecule has 76 valence electrons. The summed E-state index contributed by atoms with van der Waals surface area (Å²) < 4.78 is 0. The number of hydrogen-bond acceptors (Lipinski definition) is 3. The van der Waals surface area contributed by atoms with E-state index in [0.717, 1.165) is 0 Å². The SMILES string of the molecule is CCC(=O)NC(C)c1ncccc1O. The Labute approximate surface area is 83.0 Å². The van der Waals surface area contributed by atoms with Gasteiger partial charge < -0.3 is 10.4 Å². The van der Waals surface area contributed by atoms with E-state index in [-0.39, 0.29) is 17.7 Å². The van der Waals surface area contributed by atoms with Gasteiger partial charge in [-0.3, -0.25) is 9.78 Å². The molecule has 0 radical (unpaired) electrons. The minimum atomic E-state index is -0.261. The molecule has 1 rings (SSSR count). The van der Waals surface area contributed by atoms with Crippen LogP contribution in [0.15, 0.2) is 18.3 Å². The third kappa shape index (κ3) is 2.45. The summed E-state index contributed by atoms with van der Waals surface area (Å²) in [6, 6.07) is 2.94. The van der Waals surface area contributed by atoms with Crippen molar-refractivity contribution in [1.82, 2.24) is 10.3 Å². The van der Waals surface area contributed by atoms with E-state index in [2.05, 4.69) is 10.3 Å². The van der Waals surface area contributed by atoms with Crippen molar-refractivity contribution in [2.45, 2.75) is 26.3 Å². The zero-order valence-corrected chi connectivity index (χ0v) is 8.32. The van der Waals surface area contributed by atoms with Crippen molar-refractivity contribution >= 4 is 5.91 Å². The molecule has 1 aromatic heterocycles. The average molecular weight is 194 g/mol. The molecule has 14 heavy (non-hydrogen) atoms. The van der Waals surface area contributed by atoms with E-state index in [0.29, 0.717) is 12.1 Å². The molecular formula is C10H14N2O2. The fourth-order valence-electron chi connectivity index (χ4n) is 1.15. The van der Waals surface area contributed by atoms with Crippen LogP contribution in [0.3, 0.4) is 0 Å². The van der Waals surface area contributed by atoms with Gasteiger partial charge in [-0.2, -0.15) is 0 Å². The van der Waals surface area contributed by atoms with Crippen LogP contribution in [0.2, 0.25) is 0 Å². The Morgan fingerprint density at radius 1 is 1.71 bits per heavy atom. The number of carbonyl (C=O) groups is 1. The second kappa shape index (κ2) is 4.60. The van der Waals surface area contributed by atoms with Crippen LogP contribution in [-0.4, -0.2) is 16.0 Å². The highest BCUT2D eigenvalue weighted by Crippen LogP contribution is 2.20. The van der Waals surface area contributed by atoms with Crippen LogP contribution < -0.4 is 5.32 Å². The van der Waals surface area contributed by atoms with Crippen molar-refractivity contribution in [2.24, 2.45) is 0 Å². The van der Waals surface area contributed by atoms with E-state index in [1.165, 1.54) is 0 Å². The first-order valence-corrected chi connectivity index (χ1v) is 4.58. The summed E-state index contributed by atoms with van der Waals surface area (Å²) in [7, 11) is 0. The molecule has 2 N–H and O–H groups in total. The minimum Gasteiger partial charge on any atom is -0.506 e. The average Bonchev–Trinajstić information content (AvgIpc) is 2.18. The van der Waals surface area contributed by atoms with Crippen LogP contribution in [0, 0.1) is 0 Å². The lowest BCUT2D eigenvalue weighted by molar-refractivity contribution is -0.121. The lowest BCUT2D eigenvalue weighted by Crippen LogP contribution is -2.26. The Hall–Kier alpha value is -1.58. The quantitative estimate of drug-likeness (QED) is 0.764. The Bertz CT molecular complexity index is 326. The highest BCUT2D eigenvalue weighted by atomic mass is 16.3. The third-order valence-electron chi connectivity index (χ3n) is 1.92. The predicted molar refractivity (Wildman–Crippen MR) is 52.8 cm³/mol. The minimum absolute atomic E-state index is 0.0532. The van der Waals surface area contributed by atoms with Crippen molar-refractivity contribution in [3.63, 3.8) is 0 Å². The molecule has 0 aliphatic rings. The topological polar surface area (TPSA) is 62.2 Å². The van der Waals surface area contributed by atoms with Crippen molar-refractivity contribution in [2.75, 3.05) is 0 Å². The molecule has 1 unspecified atom stereocenters. The lowest BCUT2D eigenvalue weighted by atomic mass is 10.2. The standard InChI is InChI=1S/C10H14N2O2/c1-3-9(14)12-7(2)10-8(13)5-4-6-11-10/h4-7,13H,3H2,1-2H3,(H,12,14). The van der Waals surface area contributed by atoms with Crippen LogP contribution in [0.25, 0.3) is 0 Å². The molecule has 0 bridgehead atoms. The lowest BCUT2D eigenvalue weighted by Gasteiger charge is -2.13. The number of amides is 1. The van der Waals surface area contributed by atoms with Crippen molar-refractivity contribution in [1.29, 1.82) is 0 Å². The molecule has 1 aromatic rings. The fourth-order valence-corrected chi connectivity index (χ4v) is 1.15. The molecule has 0 saturated carbocycles. The van der Waals surface area contributed by atoms with E-state index >= 15 is 0 Å². The fraction of sp³-hybridized carbons (Fsp3) is 0.400. The first-order chi connectivity index (χ1) is 6.65. The number of pyridine rings is 1. The van der Waals surface area contributed by atoms with Gasteiger partial charge >= 0.3 is 0 Å². The maximum absolute atomic E-state index is 11.1. The van der Waals surface area contributed by atoms with Crippen LogP contribution in [-0.2, 0) is 4.79 Å². The monoisotopic (exact) mass is 194 g/mol. The molecule has 0 spiro atoms. The number of aromatic nitrogens is 1. The van der Waals surface area contributed by atoms with Gasteiger partial charge in [-0.05, 0) is 19.1 Å². The summed E-state index contributed by atoms with van der Waals surface area (Å²) in [5.41, 5.74) is 0.495. The van der Waals surface area contributed by atoms with E-state index in [4.69, 9.17) is 0 Å². The molecule has 0 aliphatic heterocycles. The van der Waals surface area contributed by atoms with Crippen LogP contribution in [0.1, 0.15) is 32.0 Å². The zero-order valence-electron chi connectivity index (χ0n) is 8.32. The largest absolute Gasteiger partial charge is 0.506 e. The van der Waals surface area contributed by atoms with Crippen LogP contribution in [0.5, 0.6) is 5.75 Å². The summed E-state index contributed by atoms with van der Waals surface area (Å²) in [5.74, 6) is 0.0546. The summed E-state index contributed by atoms with van der Waals surface area (Å²) in [5, 5.41) is 12.2. The molecule has 0 aliphatic carbocycles. The van der Waals surface area contributed by atoms with Gasteiger partial charge in [0, 0.05) is 12.6 Å². The molecule has 4 nitrogen and oxygen atoms in total. The molecule has 1 amide bonds. The summed E-state index contributed by atoms with van der Waals surface area (Å²) in [4.78, 5) is 15.1. The molecular weight excluding hydrogens is 180 g/mol. The zero-order chi connectivity index (χ0) is 10.6. The van der Waals surface area contributed by atoms with Crippen molar-refractivity contribution in [3.8, 4) is 5.75 Å². The van der Waals surface area contributed by atoms with E-state index in [9.17, 15) is 9.90 Å². The molecule has 4 heteroatoms. The number of nitrogens with zero attached hydrogens (tertiary/aromatic N) is 1. The van der Waals surface area contributed by atoms with Crippen molar-refractivity contribution in [3.05, 3.63) is 24.0 Å². The normalized spacial score (nSPS) is 12.1. The Morgan fingerprint density at radius 2 is 2.43 bits per heavy atom. The van der Waals surface area contributed by atoms with E-state index in [1.807, 2.05) is 0 Å². The van der Waals surface area contributed by atoms with Crippen LogP contribution in [0.4, 0.5) is 0 Å². The third-order valence-corrected chi connectivity index (χ3v) is 1.92. The van der Waals surface area contributed by atoms with Gasteiger partial charge in [0.15, 0.2) is 0 Å². The van der Waals surface area contributed by atoms with Gasteiger partial charge in [0.1, 0.15) is 11.4 Å². The smallest absolute Gasteiger partial charge is 0.220 e. The van der Waals surface area contributed by atoms with Gasteiger partial charge in [-0.15, -0.1) is 0 Å². The van der Waals surface area contributed by atoms with Crippen LogP contribution >= 0.6 is 0 Å². The molecule has 0 aromatic carbocycles. The molecule has 0 fully saturated rings. The molecule has 1 heterocycles. The van der Waals surface area contributed by atoms with Gasteiger partial charge in [0.25, 0.3) is 0 Å². The van der Waals surface area contributed by atoms with E-state index in [1.54, 1.807) is 32.2 Å². The number of hydrogen-bond donors (Lipinski definition) is 2. The van der Waals surface area contributed by atoms with Crippen molar-refractivity contribution < 1.29 is 9.90 Å². The van der Waals surface area contributed by atoms with E-state index < -0.39 is 0 Å². The second-order valence-corrected chi connectivity index (χ2v) is 3.05. The van der Waals surface area contributed by atoms with Gasteiger partial charge in [-0.1, -0.05) is 6.92 Å². The Morgan fingerprint density at radius 3 is 3.00 bits per heavy atom.